The Morgan fingerprint density at radius 1 is 1.41 bits per heavy atom. The van der Waals surface area contributed by atoms with Crippen molar-refractivity contribution in [3.63, 3.8) is 0 Å². The van der Waals surface area contributed by atoms with Crippen molar-refractivity contribution in [1.29, 1.82) is 0 Å². The Balaban J connectivity index is 2.22. The van der Waals surface area contributed by atoms with Crippen LogP contribution < -0.4 is 5.32 Å². The summed E-state index contributed by atoms with van der Waals surface area (Å²) in [5.41, 5.74) is -0.0809. The lowest BCUT2D eigenvalue weighted by Crippen LogP contribution is -2.38. The zero-order chi connectivity index (χ0) is 12.6. The van der Waals surface area contributed by atoms with Gasteiger partial charge in [0.1, 0.15) is 11.6 Å². The van der Waals surface area contributed by atoms with Gasteiger partial charge in [0, 0.05) is 11.4 Å². The molecule has 0 heterocycles. The van der Waals surface area contributed by atoms with Gasteiger partial charge in [0.25, 0.3) is 5.91 Å². The van der Waals surface area contributed by atoms with E-state index in [4.69, 9.17) is 0 Å². The molecule has 1 aliphatic rings. The van der Waals surface area contributed by atoms with Crippen molar-refractivity contribution in [3.05, 3.63) is 34.9 Å². The largest absolute Gasteiger partial charge is 0.346 e. The maximum atomic E-state index is 13.5. The fourth-order valence-electron chi connectivity index (χ4n) is 1.58. The number of amides is 1. The van der Waals surface area contributed by atoms with Crippen molar-refractivity contribution in [2.45, 2.75) is 25.3 Å². The standard InChI is InChI=1S/C12H12BrF2NO/c1-7-4-8(10(15)5-9(7)14)11(17)16-12(6-13)2-3-12/h4-5H,2-3,6H2,1H3,(H,16,17). The van der Waals surface area contributed by atoms with Crippen molar-refractivity contribution in [2.75, 3.05) is 5.33 Å². The van der Waals surface area contributed by atoms with Gasteiger partial charge < -0.3 is 5.32 Å². The van der Waals surface area contributed by atoms with Gasteiger partial charge in [-0.05, 0) is 31.4 Å². The van der Waals surface area contributed by atoms with Crippen LogP contribution in [0.2, 0.25) is 0 Å². The zero-order valence-corrected chi connectivity index (χ0v) is 10.9. The number of hydrogen-bond donors (Lipinski definition) is 1. The van der Waals surface area contributed by atoms with E-state index in [-0.39, 0.29) is 16.7 Å². The first kappa shape index (κ1) is 12.5. The van der Waals surface area contributed by atoms with E-state index in [9.17, 15) is 13.6 Å². The quantitative estimate of drug-likeness (QED) is 0.855. The Morgan fingerprint density at radius 2 is 2.06 bits per heavy atom. The minimum absolute atomic E-state index is 0.101. The molecule has 0 aliphatic heterocycles. The summed E-state index contributed by atoms with van der Waals surface area (Å²) in [7, 11) is 0. The highest BCUT2D eigenvalue weighted by Crippen LogP contribution is 2.37. The van der Waals surface area contributed by atoms with Crippen molar-refractivity contribution in [1.82, 2.24) is 5.32 Å². The van der Waals surface area contributed by atoms with Gasteiger partial charge in [-0.25, -0.2) is 8.78 Å². The van der Waals surface area contributed by atoms with Crippen LogP contribution in [-0.2, 0) is 0 Å². The smallest absolute Gasteiger partial charge is 0.254 e. The van der Waals surface area contributed by atoms with Gasteiger partial charge in [-0.15, -0.1) is 0 Å². The topological polar surface area (TPSA) is 29.1 Å². The lowest BCUT2D eigenvalue weighted by atomic mass is 10.1. The van der Waals surface area contributed by atoms with E-state index in [1.54, 1.807) is 0 Å². The first-order valence-electron chi connectivity index (χ1n) is 5.31. The van der Waals surface area contributed by atoms with Gasteiger partial charge in [-0.1, -0.05) is 15.9 Å². The zero-order valence-electron chi connectivity index (χ0n) is 9.32. The number of aryl methyl sites for hydroxylation is 1. The number of benzene rings is 1. The number of halogens is 3. The minimum Gasteiger partial charge on any atom is -0.346 e. The fourth-order valence-corrected chi connectivity index (χ4v) is 2.28. The SMILES string of the molecule is Cc1cc(C(=O)NC2(CBr)CC2)c(F)cc1F. The number of carbonyl (C=O) groups is 1. The maximum Gasteiger partial charge on any atom is 0.254 e. The highest BCUT2D eigenvalue weighted by atomic mass is 79.9. The first-order valence-corrected chi connectivity index (χ1v) is 6.44. The molecule has 2 nitrogen and oxygen atoms in total. The lowest BCUT2D eigenvalue weighted by molar-refractivity contribution is 0.0932. The molecule has 1 saturated carbocycles. The summed E-state index contributed by atoms with van der Waals surface area (Å²) < 4.78 is 26.5. The van der Waals surface area contributed by atoms with Crippen molar-refractivity contribution < 1.29 is 13.6 Å². The summed E-state index contributed by atoms with van der Waals surface area (Å²) in [4.78, 5) is 11.8. The van der Waals surface area contributed by atoms with Gasteiger partial charge in [0.15, 0.2) is 0 Å². The minimum atomic E-state index is -0.823. The third-order valence-corrected chi connectivity index (χ3v) is 4.05. The molecular weight excluding hydrogens is 292 g/mol. The van der Waals surface area contributed by atoms with E-state index in [2.05, 4.69) is 21.2 Å². The molecule has 0 aromatic heterocycles. The van der Waals surface area contributed by atoms with E-state index in [1.165, 1.54) is 13.0 Å². The molecule has 0 radical (unpaired) electrons. The Labute approximate surface area is 107 Å². The Bertz CT molecular complexity index is 472. The second kappa shape index (κ2) is 4.37. The molecule has 5 heteroatoms. The van der Waals surface area contributed by atoms with E-state index >= 15 is 0 Å². The second-order valence-electron chi connectivity index (χ2n) is 4.45. The fraction of sp³-hybridized carbons (Fsp3) is 0.417. The van der Waals surface area contributed by atoms with E-state index in [1.807, 2.05) is 0 Å². The van der Waals surface area contributed by atoms with E-state index in [0.29, 0.717) is 5.33 Å². The highest BCUT2D eigenvalue weighted by Gasteiger charge is 2.43. The molecule has 1 aromatic carbocycles. The molecule has 0 saturated heterocycles. The molecule has 0 spiro atoms. The van der Waals surface area contributed by atoms with Crippen LogP contribution in [0, 0.1) is 18.6 Å². The van der Waals surface area contributed by atoms with Gasteiger partial charge in [-0.3, -0.25) is 4.79 Å². The summed E-state index contributed by atoms with van der Waals surface area (Å²) in [6.07, 6.45) is 1.76. The van der Waals surface area contributed by atoms with Crippen molar-refractivity contribution >= 4 is 21.8 Å². The van der Waals surface area contributed by atoms with Gasteiger partial charge in [0.05, 0.1) is 11.1 Å². The molecule has 0 bridgehead atoms. The third kappa shape index (κ3) is 2.49. The van der Waals surface area contributed by atoms with Crippen molar-refractivity contribution in [2.24, 2.45) is 0 Å². The molecule has 1 amide bonds. The van der Waals surface area contributed by atoms with Gasteiger partial charge in [0.2, 0.25) is 0 Å². The normalized spacial score (nSPS) is 16.7. The first-order chi connectivity index (χ1) is 7.97. The summed E-state index contributed by atoms with van der Waals surface area (Å²) >= 11 is 3.31. The monoisotopic (exact) mass is 303 g/mol. The van der Waals surface area contributed by atoms with Crippen LogP contribution in [0.3, 0.4) is 0 Å². The maximum absolute atomic E-state index is 13.5. The Morgan fingerprint density at radius 3 is 2.59 bits per heavy atom. The highest BCUT2D eigenvalue weighted by molar-refractivity contribution is 9.09. The van der Waals surface area contributed by atoms with Crippen LogP contribution in [0.5, 0.6) is 0 Å². The molecule has 1 N–H and O–H groups in total. The Kier molecular flexibility index (Phi) is 3.21. The van der Waals surface area contributed by atoms with Crippen LogP contribution in [-0.4, -0.2) is 16.8 Å². The van der Waals surface area contributed by atoms with Crippen LogP contribution in [0.15, 0.2) is 12.1 Å². The summed E-state index contributed by atoms with van der Waals surface area (Å²) in [6.45, 7) is 1.50. The summed E-state index contributed by atoms with van der Waals surface area (Å²) in [6, 6.07) is 1.99. The van der Waals surface area contributed by atoms with Crippen LogP contribution in [0.25, 0.3) is 0 Å². The number of alkyl halides is 1. The van der Waals surface area contributed by atoms with Gasteiger partial charge in [-0.2, -0.15) is 0 Å². The molecule has 92 valence electrons. The molecule has 1 aromatic rings. The van der Waals surface area contributed by atoms with Crippen LogP contribution in [0.4, 0.5) is 8.78 Å². The van der Waals surface area contributed by atoms with E-state index < -0.39 is 17.5 Å². The number of nitrogens with one attached hydrogen (secondary N) is 1. The lowest BCUT2D eigenvalue weighted by Gasteiger charge is -2.14. The predicted octanol–water partition coefficient (Wildman–Crippen LogP) is 2.93. The number of rotatable bonds is 3. The molecule has 1 fully saturated rings. The summed E-state index contributed by atoms with van der Waals surface area (Å²) in [5.74, 6) is -1.95. The summed E-state index contributed by atoms with van der Waals surface area (Å²) in [5, 5.41) is 3.42. The molecular formula is C12H12BrF2NO. The average molecular weight is 304 g/mol. The van der Waals surface area contributed by atoms with Gasteiger partial charge >= 0.3 is 0 Å². The Hall–Kier alpha value is -0.970. The number of carbonyl (C=O) groups excluding carboxylic acids is 1. The molecule has 1 aliphatic carbocycles. The third-order valence-electron chi connectivity index (χ3n) is 2.98. The van der Waals surface area contributed by atoms with Crippen LogP contribution in [0.1, 0.15) is 28.8 Å². The predicted molar refractivity (Wildman–Crippen MR) is 64.3 cm³/mol. The number of hydrogen-bond acceptors (Lipinski definition) is 1. The molecule has 0 atom stereocenters. The average Bonchev–Trinajstić information content (AvgIpc) is 3.04. The van der Waals surface area contributed by atoms with E-state index in [0.717, 1.165) is 18.9 Å². The molecule has 17 heavy (non-hydrogen) atoms. The van der Waals surface area contributed by atoms with Crippen molar-refractivity contribution in [3.8, 4) is 0 Å². The van der Waals surface area contributed by atoms with Crippen LogP contribution >= 0.6 is 15.9 Å². The molecule has 2 rings (SSSR count). The second-order valence-corrected chi connectivity index (χ2v) is 5.01. The molecule has 0 unspecified atom stereocenters.